The van der Waals surface area contributed by atoms with Crippen LogP contribution in [-0.4, -0.2) is 77.6 Å². The van der Waals surface area contributed by atoms with E-state index in [0.717, 1.165) is 76.4 Å². The molecule has 1 N–H and O–H groups in total. The minimum absolute atomic E-state index is 0.0969. The molecule has 0 amide bonds. The number of oxime groups is 1. The maximum atomic E-state index is 10.5. The third-order valence-corrected chi connectivity index (χ3v) is 7.53. The first-order valence-electron chi connectivity index (χ1n) is 11.6. The molecule has 2 aromatic carbocycles. The molecule has 1 saturated heterocycles. The van der Waals surface area contributed by atoms with Crippen molar-refractivity contribution in [1.29, 1.82) is 0 Å². The number of aliphatic hydroxyl groups excluding tert-OH is 1. The van der Waals surface area contributed by atoms with Crippen LogP contribution in [0.15, 0.2) is 47.6 Å². The van der Waals surface area contributed by atoms with Gasteiger partial charge in [-0.1, -0.05) is 35.0 Å². The van der Waals surface area contributed by atoms with E-state index in [4.69, 9.17) is 21.2 Å². The molecule has 2 aliphatic heterocycles. The molecule has 0 spiro atoms. The third-order valence-electron chi connectivity index (χ3n) is 6.23. The fraction of sp³-hybridized carbons (Fsp3) is 0.440. The maximum Gasteiger partial charge on any atom is 0.159 e. The number of halogens is 1. The van der Waals surface area contributed by atoms with Crippen molar-refractivity contribution in [2.75, 3.05) is 45.9 Å². The van der Waals surface area contributed by atoms with E-state index in [2.05, 4.69) is 19.9 Å². The number of aryl methyl sites for hydroxylation is 1. The van der Waals surface area contributed by atoms with Gasteiger partial charge in [-0.3, -0.25) is 9.80 Å². The highest BCUT2D eigenvalue weighted by Gasteiger charge is 2.27. The third kappa shape index (κ3) is 5.70. The SMILES string of the molecule is Cc1nc2cc(OC[C@H](O)CN3CCN(CC4=NOC(c5ccccc5Cl)C4)CC3)ccc2s1. The molecule has 1 aromatic heterocycles. The van der Waals surface area contributed by atoms with Crippen LogP contribution in [0.3, 0.4) is 0 Å². The number of β-amino-alcohol motifs (C(OH)–C–C–N with tert-alkyl or cyclic N) is 1. The van der Waals surface area contributed by atoms with Crippen molar-refractivity contribution >= 4 is 38.9 Å². The molecule has 3 heterocycles. The van der Waals surface area contributed by atoms with Gasteiger partial charge >= 0.3 is 0 Å². The molecule has 1 fully saturated rings. The Morgan fingerprint density at radius 1 is 1.18 bits per heavy atom. The molecule has 0 saturated carbocycles. The lowest BCUT2D eigenvalue weighted by Gasteiger charge is -2.35. The van der Waals surface area contributed by atoms with Gasteiger partial charge < -0.3 is 14.7 Å². The standard InChI is InChI=1S/C25H29ClN4O3S/c1-17-27-23-13-20(6-7-25(23)34-17)32-16-19(31)15-30-10-8-29(9-11-30)14-18-12-24(33-28-18)21-4-2-3-5-22(21)26/h2-7,13,19,24,31H,8-12,14-16H2,1H3/t19-,24?/m1/s1. The fourth-order valence-corrected chi connectivity index (χ4v) is 5.53. The number of nitrogens with zero attached hydrogens (tertiary/aromatic N) is 4. The predicted octanol–water partition coefficient (Wildman–Crippen LogP) is 4.13. The molecule has 1 unspecified atom stereocenters. The zero-order chi connectivity index (χ0) is 23.5. The van der Waals surface area contributed by atoms with E-state index in [1.54, 1.807) is 11.3 Å². The van der Waals surface area contributed by atoms with Crippen molar-refractivity contribution < 1.29 is 14.7 Å². The lowest BCUT2D eigenvalue weighted by Crippen LogP contribution is -2.50. The van der Waals surface area contributed by atoms with Gasteiger partial charge in [-0.25, -0.2) is 4.98 Å². The van der Waals surface area contributed by atoms with Crippen LogP contribution >= 0.6 is 22.9 Å². The van der Waals surface area contributed by atoms with Crippen molar-refractivity contribution in [1.82, 2.24) is 14.8 Å². The summed E-state index contributed by atoms with van der Waals surface area (Å²) in [4.78, 5) is 14.8. The number of aromatic nitrogens is 1. The summed E-state index contributed by atoms with van der Waals surface area (Å²) < 4.78 is 6.98. The molecule has 9 heteroatoms. The average molecular weight is 501 g/mol. The van der Waals surface area contributed by atoms with Gasteiger partial charge in [-0.2, -0.15) is 0 Å². The van der Waals surface area contributed by atoms with Crippen molar-refractivity contribution in [2.45, 2.75) is 25.6 Å². The molecule has 3 aromatic rings. The predicted molar refractivity (Wildman–Crippen MR) is 136 cm³/mol. The quantitative estimate of drug-likeness (QED) is 0.501. The summed E-state index contributed by atoms with van der Waals surface area (Å²) in [5.74, 6) is 0.747. The normalized spacial score (nSPS) is 20.3. The molecule has 7 nitrogen and oxygen atoms in total. The molecule has 180 valence electrons. The molecule has 0 bridgehead atoms. The molecule has 0 radical (unpaired) electrons. The minimum atomic E-state index is -0.539. The number of rotatable bonds is 8. The number of hydrogen-bond donors (Lipinski definition) is 1. The maximum absolute atomic E-state index is 10.5. The molecule has 2 aliphatic rings. The summed E-state index contributed by atoms with van der Waals surface area (Å²) in [6, 6.07) is 13.7. The van der Waals surface area contributed by atoms with Crippen LogP contribution in [0.2, 0.25) is 5.02 Å². The Hall–Kier alpha value is -2.23. The smallest absolute Gasteiger partial charge is 0.159 e. The Morgan fingerprint density at radius 2 is 1.97 bits per heavy atom. The number of benzene rings is 2. The van der Waals surface area contributed by atoms with Crippen molar-refractivity contribution in [2.24, 2.45) is 5.16 Å². The van der Waals surface area contributed by atoms with Gasteiger partial charge in [0.2, 0.25) is 0 Å². The summed E-state index contributed by atoms with van der Waals surface area (Å²) in [5, 5.41) is 16.6. The molecule has 0 aliphatic carbocycles. The van der Waals surface area contributed by atoms with Crippen LogP contribution < -0.4 is 4.74 Å². The van der Waals surface area contributed by atoms with Crippen molar-refractivity contribution in [3.05, 3.63) is 58.1 Å². The molecule has 2 atom stereocenters. The van der Waals surface area contributed by atoms with Crippen molar-refractivity contribution in [3.63, 3.8) is 0 Å². The second-order valence-corrected chi connectivity index (χ2v) is 10.5. The topological polar surface area (TPSA) is 70.4 Å². The first-order chi connectivity index (χ1) is 16.5. The number of ether oxygens (including phenoxy) is 1. The van der Waals surface area contributed by atoms with Crippen LogP contribution in [0.25, 0.3) is 10.2 Å². The van der Waals surface area contributed by atoms with Crippen LogP contribution in [0.1, 0.15) is 23.1 Å². The Bertz CT molecular complexity index is 1160. The first-order valence-corrected chi connectivity index (χ1v) is 12.8. The van der Waals surface area contributed by atoms with Crippen LogP contribution in [0, 0.1) is 6.92 Å². The minimum Gasteiger partial charge on any atom is -0.491 e. The number of piperazine rings is 1. The van der Waals surface area contributed by atoms with E-state index in [1.807, 2.05) is 49.4 Å². The summed E-state index contributed by atoms with van der Waals surface area (Å²) in [6.07, 6.45) is 0.135. The highest BCUT2D eigenvalue weighted by atomic mass is 35.5. The zero-order valence-corrected chi connectivity index (χ0v) is 20.8. The van der Waals surface area contributed by atoms with E-state index in [-0.39, 0.29) is 12.7 Å². The average Bonchev–Trinajstić information content (AvgIpc) is 3.44. The van der Waals surface area contributed by atoms with E-state index in [0.29, 0.717) is 6.54 Å². The summed E-state index contributed by atoms with van der Waals surface area (Å²) >= 11 is 7.98. The Morgan fingerprint density at radius 3 is 2.79 bits per heavy atom. The highest BCUT2D eigenvalue weighted by molar-refractivity contribution is 7.18. The second kappa shape index (κ2) is 10.6. The Balaban J connectivity index is 1.03. The fourth-order valence-electron chi connectivity index (χ4n) is 4.47. The number of fused-ring (bicyclic) bond motifs is 1. The van der Waals surface area contributed by atoms with Crippen molar-refractivity contribution in [3.8, 4) is 5.75 Å². The van der Waals surface area contributed by atoms with E-state index >= 15 is 0 Å². The van der Waals surface area contributed by atoms with Gasteiger partial charge in [-0.05, 0) is 25.1 Å². The van der Waals surface area contributed by atoms with Gasteiger partial charge in [-0.15, -0.1) is 11.3 Å². The molecule has 5 rings (SSSR count). The van der Waals surface area contributed by atoms with Gasteiger partial charge in [0, 0.05) is 62.3 Å². The lowest BCUT2D eigenvalue weighted by molar-refractivity contribution is 0.0487. The Labute approximate surface area is 208 Å². The van der Waals surface area contributed by atoms with Gasteiger partial charge in [0.25, 0.3) is 0 Å². The largest absolute Gasteiger partial charge is 0.491 e. The summed E-state index contributed by atoms with van der Waals surface area (Å²) in [7, 11) is 0. The number of thiazole rings is 1. The van der Waals surface area contributed by atoms with E-state index in [9.17, 15) is 5.11 Å². The monoisotopic (exact) mass is 500 g/mol. The van der Waals surface area contributed by atoms with Gasteiger partial charge in [0.15, 0.2) is 6.10 Å². The second-order valence-electron chi connectivity index (χ2n) is 8.88. The first kappa shape index (κ1) is 23.5. The van der Waals surface area contributed by atoms with Gasteiger partial charge in [0.05, 0.1) is 20.9 Å². The van der Waals surface area contributed by atoms with Gasteiger partial charge in [0.1, 0.15) is 18.5 Å². The molecular weight excluding hydrogens is 472 g/mol. The number of aliphatic hydroxyl groups is 1. The summed E-state index contributed by atoms with van der Waals surface area (Å²) in [5.41, 5.74) is 2.99. The lowest BCUT2D eigenvalue weighted by atomic mass is 10.0. The van der Waals surface area contributed by atoms with E-state index in [1.165, 1.54) is 0 Å². The van der Waals surface area contributed by atoms with E-state index < -0.39 is 6.10 Å². The Kier molecular flexibility index (Phi) is 7.32. The van der Waals surface area contributed by atoms with Crippen LogP contribution in [0.4, 0.5) is 0 Å². The zero-order valence-electron chi connectivity index (χ0n) is 19.2. The molecular formula is C25H29ClN4O3S. The van der Waals surface area contributed by atoms with Crippen LogP contribution in [-0.2, 0) is 4.84 Å². The van der Waals surface area contributed by atoms with Crippen LogP contribution in [0.5, 0.6) is 5.75 Å². The highest BCUT2D eigenvalue weighted by Crippen LogP contribution is 2.32. The number of hydrogen-bond acceptors (Lipinski definition) is 8. The summed E-state index contributed by atoms with van der Waals surface area (Å²) in [6.45, 7) is 7.36. The molecule has 34 heavy (non-hydrogen) atoms.